The van der Waals surface area contributed by atoms with Crippen molar-refractivity contribution in [3.8, 4) is 0 Å². The number of carbonyl (C=O) groups is 1. The van der Waals surface area contributed by atoms with Gasteiger partial charge in [-0.05, 0) is 0 Å². The molecular formula is C3H7ClNOP. The summed E-state index contributed by atoms with van der Waals surface area (Å²) in [5, 5.41) is 2.60. The van der Waals surface area contributed by atoms with Crippen LogP contribution in [0, 0.1) is 0 Å². The van der Waals surface area contributed by atoms with Gasteiger partial charge in [0.05, 0.1) is 12.4 Å². The minimum Gasteiger partial charge on any atom is -0.297 e. The van der Waals surface area contributed by atoms with Gasteiger partial charge < -0.3 is 0 Å². The highest BCUT2D eigenvalue weighted by Gasteiger charge is 1.92. The third-order valence-electron chi connectivity index (χ3n) is 0.448. The Kier molecular flexibility index (Phi) is 4.73. The topological polar surface area (TPSA) is 29.1 Å². The molecule has 0 bridgehead atoms. The zero-order chi connectivity index (χ0) is 5.70. The van der Waals surface area contributed by atoms with Crippen LogP contribution in [0.2, 0.25) is 0 Å². The monoisotopic (exact) mass is 139 g/mol. The molecule has 0 aliphatic heterocycles. The fourth-order valence-corrected chi connectivity index (χ4v) is 0.483. The molecule has 0 fully saturated rings. The van der Waals surface area contributed by atoms with E-state index in [1.54, 1.807) is 0 Å². The van der Waals surface area contributed by atoms with E-state index in [4.69, 9.17) is 11.6 Å². The van der Waals surface area contributed by atoms with E-state index < -0.39 is 0 Å². The van der Waals surface area contributed by atoms with E-state index in [0.717, 1.165) is 0 Å². The molecule has 42 valence electrons. The third-order valence-corrected chi connectivity index (χ3v) is 0.950. The summed E-state index contributed by atoms with van der Waals surface area (Å²) in [4.78, 5) is 10.2. The van der Waals surface area contributed by atoms with E-state index in [0.29, 0.717) is 6.54 Å². The molecule has 0 radical (unpaired) electrons. The Morgan fingerprint density at radius 3 is 2.57 bits per heavy atom. The predicted octanol–water partition coefficient (Wildman–Crippen LogP) is 0.174. The molecule has 0 amide bonds. The van der Waals surface area contributed by atoms with Crippen molar-refractivity contribution in [1.82, 2.24) is 5.09 Å². The molecule has 0 aliphatic carbocycles. The maximum atomic E-state index is 10.2. The Hall–Kier alpha value is 0.350. The van der Waals surface area contributed by atoms with Gasteiger partial charge in [-0.1, -0.05) is 9.39 Å². The van der Waals surface area contributed by atoms with Gasteiger partial charge in [-0.2, -0.15) is 0 Å². The van der Waals surface area contributed by atoms with Gasteiger partial charge in [0.25, 0.3) is 0 Å². The number of hydrogen-bond acceptors (Lipinski definition) is 2. The van der Waals surface area contributed by atoms with E-state index >= 15 is 0 Å². The molecule has 7 heavy (non-hydrogen) atoms. The normalized spacial score (nSPS) is 8.86. The number of alkyl halides is 1. The quantitative estimate of drug-likeness (QED) is 0.446. The van der Waals surface area contributed by atoms with Crippen LogP contribution in [-0.4, -0.2) is 18.2 Å². The summed E-state index contributed by atoms with van der Waals surface area (Å²) >= 11 is 5.13. The van der Waals surface area contributed by atoms with Crippen LogP contribution < -0.4 is 5.09 Å². The average molecular weight is 140 g/mol. The van der Waals surface area contributed by atoms with Crippen LogP contribution in [0.5, 0.6) is 0 Å². The Morgan fingerprint density at radius 2 is 2.43 bits per heavy atom. The Morgan fingerprint density at radius 1 is 1.86 bits per heavy atom. The highest BCUT2D eigenvalue weighted by molar-refractivity contribution is 7.13. The summed E-state index contributed by atoms with van der Waals surface area (Å²) in [5.41, 5.74) is 0. The van der Waals surface area contributed by atoms with Gasteiger partial charge >= 0.3 is 0 Å². The van der Waals surface area contributed by atoms with Crippen LogP contribution in [0.15, 0.2) is 0 Å². The van der Waals surface area contributed by atoms with Crippen molar-refractivity contribution in [3.63, 3.8) is 0 Å². The van der Waals surface area contributed by atoms with Gasteiger partial charge in [0.1, 0.15) is 0 Å². The largest absolute Gasteiger partial charge is 0.297 e. The van der Waals surface area contributed by atoms with E-state index in [1.807, 2.05) is 0 Å². The van der Waals surface area contributed by atoms with Gasteiger partial charge in [0, 0.05) is 0 Å². The summed E-state index contributed by atoms with van der Waals surface area (Å²) in [7, 11) is 2.22. The lowest BCUT2D eigenvalue weighted by atomic mass is 10.5. The van der Waals surface area contributed by atoms with Crippen molar-refractivity contribution in [1.29, 1.82) is 0 Å². The Balaban J connectivity index is 3.00. The van der Waals surface area contributed by atoms with Crippen molar-refractivity contribution in [2.75, 3.05) is 12.4 Å². The second-order valence-corrected chi connectivity index (χ2v) is 1.73. The summed E-state index contributed by atoms with van der Waals surface area (Å²) < 4.78 is 0. The van der Waals surface area contributed by atoms with Gasteiger partial charge in [-0.25, -0.2) is 0 Å². The summed E-state index contributed by atoms with van der Waals surface area (Å²) in [5.74, 6) is 0.109. The van der Waals surface area contributed by atoms with Crippen molar-refractivity contribution >= 4 is 26.8 Å². The van der Waals surface area contributed by atoms with Crippen molar-refractivity contribution in [2.24, 2.45) is 0 Å². The number of nitrogens with one attached hydrogen (secondary N) is 1. The number of Topliss-reactive ketones (excluding diaryl/α,β-unsaturated/α-hetero) is 1. The molecule has 0 saturated heterocycles. The lowest BCUT2D eigenvalue weighted by molar-refractivity contribution is -0.115. The average Bonchev–Trinajstić information content (AvgIpc) is 1.68. The van der Waals surface area contributed by atoms with Gasteiger partial charge in [0.15, 0.2) is 5.78 Å². The van der Waals surface area contributed by atoms with Crippen LogP contribution in [0.3, 0.4) is 0 Å². The van der Waals surface area contributed by atoms with Gasteiger partial charge in [-0.3, -0.25) is 9.88 Å². The summed E-state index contributed by atoms with van der Waals surface area (Å²) in [6.45, 7) is 0.341. The SMILES string of the molecule is O=C(CCl)CNP. The molecule has 0 aromatic rings. The van der Waals surface area contributed by atoms with E-state index in [9.17, 15) is 4.79 Å². The minimum atomic E-state index is 0.0108. The number of hydrogen-bond donors (Lipinski definition) is 1. The second-order valence-electron chi connectivity index (χ2n) is 1.05. The minimum absolute atomic E-state index is 0.0108. The number of ketones is 1. The molecule has 2 nitrogen and oxygen atoms in total. The summed E-state index contributed by atoms with van der Waals surface area (Å²) in [6, 6.07) is 0. The lowest BCUT2D eigenvalue weighted by Gasteiger charge is -1.88. The number of carbonyl (C=O) groups excluding carboxylic acids is 1. The third kappa shape index (κ3) is 4.20. The maximum Gasteiger partial charge on any atom is 0.161 e. The molecule has 4 heteroatoms. The molecule has 1 atom stereocenters. The number of halogens is 1. The Labute approximate surface area is 49.9 Å². The molecule has 0 aromatic heterocycles. The van der Waals surface area contributed by atoms with E-state index in [2.05, 4.69) is 14.5 Å². The molecule has 0 rings (SSSR count). The lowest BCUT2D eigenvalue weighted by Crippen LogP contribution is -2.14. The van der Waals surface area contributed by atoms with Crippen molar-refractivity contribution in [2.45, 2.75) is 0 Å². The van der Waals surface area contributed by atoms with Crippen LogP contribution in [-0.2, 0) is 4.79 Å². The molecule has 1 unspecified atom stereocenters. The smallest absolute Gasteiger partial charge is 0.161 e. The molecule has 0 saturated carbocycles. The predicted molar refractivity (Wildman–Crippen MR) is 33.4 cm³/mol. The molecular weight excluding hydrogens is 132 g/mol. The highest BCUT2D eigenvalue weighted by atomic mass is 35.5. The zero-order valence-corrected chi connectivity index (χ0v) is 5.69. The molecule has 0 aromatic carbocycles. The number of rotatable bonds is 3. The van der Waals surface area contributed by atoms with Crippen molar-refractivity contribution in [3.05, 3.63) is 0 Å². The Bertz CT molecular complexity index is 68.0. The first-order chi connectivity index (χ1) is 3.31. The highest BCUT2D eigenvalue weighted by Crippen LogP contribution is 1.77. The molecule has 0 heterocycles. The first-order valence-electron chi connectivity index (χ1n) is 1.82. The summed E-state index contributed by atoms with van der Waals surface area (Å²) in [6.07, 6.45) is 0. The van der Waals surface area contributed by atoms with Crippen LogP contribution in [0.1, 0.15) is 0 Å². The molecule has 1 N–H and O–H groups in total. The zero-order valence-electron chi connectivity index (χ0n) is 3.78. The first-order valence-corrected chi connectivity index (χ1v) is 2.93. The van der Waals surface area contributed by atoms with Crippen LogP contribution in [0.4, 0.5) is 0 Å². The fraction of sp³-hybridized carbons (Fsp3) is 0.667. The standard InChI is InChI=1S/C3H7ClNOP/c4-1-3(6)2-5-7/h5H,1-2,7H2. The van der Waals surface area contributed by atoms with Crippen LogP contribution in [0.25, 0.3) is 0 Å². The molecule has 0 aliphatic rings. The first kappa shape index (κ1) is 7.35. The fourth-order valence-electron chi connectivity index (χ4n) is 0.161. The van der Waals surface area contributed by atoms with Crippen molar-refractivity contribution < 1.29 is 4.79 Å². The van der Waals surface area contributed by atoms with E-state index in [1.165, 1.54) is 0 Å². The molecule has 0 spiro atoms. The maximum absolute atomic E-state index is 10.2. The van der Waals surface area contributed by atoms with E-state index in [-0.39, 0.29) is 11.7 Å². The van der Waals surface area contributed by atoms with Gasteiger partial charge in [-0.15, -0.1) is 11.6 Å². The second kappa shape index (κ2) is 4.51. The van der Waals surface area contributed by atoms with Crippen LogP contribution >= 0.6 is 21.0 Å². The van der Waals surface area contributed by atoms with Gasteiger partial charge in [0.2, 0.25) is 0 Å².